The maximum atomic E-state index is 14.4. The van der Waals surface area contributed by atoms with Gasteiger partial charge < -0.3 is 14.5 Å². The number of nitrogens with zero attached hydrogens (tertiary/aromatic N) is 3. The molecule has 0 saturated carbocycles. The molecule has 158 valence electrons. The van der Waals surface area contributed by atoms with Crippen LogP contribution in [0.25, 0.3) is 5.65 Å². The van der Waals surface area contributed by atoms with Gasteiger partial charge in [-0.25, -0.2) is 9.37 Å². The SMILES string of the molecule is O=C(NC(c1ccc(OC(F)(F)F)cc1)c1ncccc1F)c1ccc2nccn2c1. The minimum atomic E-state index is -4.84. The number of hydrogen-bond donors (Lipinski definition) is 1. The summed E-state index contributed by atoms with van der Waals surface area (Å²) in [5, 5.41) is 2.69. The number of hydrogen-bond acceptors (Lipinski definition) is 4. The molecule has 0 saturated heterocycles. The quantitative estimate of drug-likeness (QED) is 0.480. The van der Waals surface area contributed by atoms with Crippen molar-refractivity contribution in [2.24, 2.45) is 0 Å². The maximum Gasteiger partial charge on any atom is 0.573 e. The predicted octanol–water partition coefficient (Wildman–Crippen LogP) is 4.29. The van der Waals surface area contributed by atoms with Crippen molar-refractivity contribution in [1.29, 1.82) is 0 Å². The van der Waals surface area contributed by atoms with Crippen LogP contribution in [0.4, 0.5) is 17.6 Å². The lowest BCUT2D eigenvalue weighted by atomic mass is 10.0. The molecule has 1 atom stereocenters. The molecular weight excluding hydrogens is 416 g/mol. The van der Waals surface area contributed by atoms with Gasteiger partial charge >= 0.3 is 6.36 Å². The Kier molecular flexibility index (Phi) is 5.28. The van der Waals surface area contributed by atoms with Gasteiger partial charge in [-0.3, -0.25) is 9.78 Å². The number of rotatable bonds is 5. The Bertz CT molecular complexity index is 1220. The van der Waals surface area contributed by atoms with E-state index < -0.39 is 29.9 Å². The Labute approximate surface area is 173 Å². The number of halogens is 4. The van der Waals surface area contributed by atoms with E-state index in [1.807, 2.05) is 0 Å². The second-order valence-electron chi connectivity index (χ2n) is 6.50. The van der Waals surface area contributed by atoms with E-state index >= 15 is 0 Å². The van der Waals surface area contributed by atoms with E-state index in [0.29, 0.717) is 11.2 Å². The number of pyridine rings is 2. The first-order chi connectivity index (χ1) is 14.8. The summed E-state index contributed by atoms with van der Waals surface area (Å²) >= 11 is 0. The van der Waals surface area contributed by atoms with Crippen LogP contribution >= 0.6 is 0 Å². The van der Waals surface area contributed by atoms with Gasteiger partial charge in [-0.1, -0.05) is 12.1 Å². The van der Waals surface area contributed by atoms with Crippen molar-refractivity contribution in [2.45, 2.75) is 12.4 Å². The summed E-state index contributed by atoms with van der Waals surface area (Å²) in [4.78, 5) is 21.0. The van der Waals surface area contributed by atoms with Crippen molar-refractivity contribution >= 4 is 11.6 Å². The summed E-state index contributed by atoms with van der Waals surface area (Å²) in [6.07, 6.45) is 1.32. The van der Waals surface area contributed by atoms with Gasteiger partial charge in [0.1, 0.15) is 22.9 Å². The smallest absolute Gasteiger partial charge is 0.406 e. The van der Waals surface area contributed by atoms with Crippen LogP contribution in [-0.4, -0.2) is 26.6 Å². The molecule has 3 heterocycles. The molecule has 1 N–H and O–H groups in total. The van der Waals surface area contributed by atoms with Crippen molar-refractivity contribution < 1.29 is 27.1 Å². The van der Waals surface area contributed by atoms with Crippen LogP contribution in [0.5, 0.6) is 5.75 Å². The molecule has 3 aromatic heterocycles. The summed E-state index contributed by atoms with van der Waals surface area (Å²) in [6.45, 7) is 0. The molecule has 0 spiro atoms. The Morgan fingerprint density at radius 2 is 1.81 bits per heavy atom. The van der Waals surface area contributed by atoms with Gasteiger partial charge in [0.15, 0.2) is 0 Å². The van der Waals surface area contributed by atoms with Gasteiger partial charge in [-0.05, 0) is 42.0 Å². The Balaban J connectivity index is 1.66. The van der Waals surface area contributed by atoms with E-state index in [4.69, 9.17) is 0 Å². The largest absolute Gasteiger partial charge is 0.573 e. The molecule has 10 heteroatoms. The van der Waals surface area contributed by atoms with Crippen LogP contribution in [0.15, 0.2) is 73.3 Å². The van der Waals surface area contributed by atoms with E-state index in [0.717, 1.165) is 12.1 Å². The summed E-state index contributed by atoms with van der Waals surface area (Å²) in [5.74, 6) is -1.64. The van der Waals surface area contributed by atoms with Crippen LogP contribution in [0.1, 0.15) is 27.7 Å². The monoisotopic (exact) mass is 430 g/mol. The Morgan fingerprint density at radius 1 is 1.03 bits per heavy atom. The van der Waals surface area contributed by atoms with Crippen molar-refractivity contribution in [3.8, 4) is 5.75 Å². The normalized spacial score (nSPS) is 12.5. The number of benzene rings is 1. The van der Waals surface area contributed by atoms with Gasteiger partial charge in [-0.2, -0.15) is 0 Å². The average Bonchev–Trinajstić information content (AvgIpc) is 3.20. The van der Waals surface area contributed by atoms with E-state index in [1.54, 1.807) is 35.1 Å². The number of carbonyl (C=O) groups is 1. The highest BCUT2D eigenvalue weighted by molar-refractivity contribution is 5.94. The summed E-state index contributed by atoms with van der Waals surface area (Å²) < 4.78 is 57.2. The molecule has 0 aliphatic rings. The first-order valence-corrected chi connectivity index (χ1v) is 9.00. The van der Waals surface area contributed by atoms with Crippen molar-refractivity contribution in [2.75, 3.05) is 0 Å². The lowest BCUT2D eigenvalue weighted by Crippen LogP contribution is -2.30. The first kappa shape index (κ1) is 20.3. The molecule has 1 aromatic carbocycles. The van der Waals surface area contributed by atoms with Crippen molar-refractivity contribution in [1.82, 2.24) is 19.7 Å². The van der Waals surface area contributed by atoms with Crippen LogP contribution < -0.4 is 10.1 Å². The van der Waals surface area contributed by atoms with Gasteiger partial charge in [0.05, 0.1) is 11.6 Å². The molecule has 1 unspecified atom stereocenters. The average molecular weight is 430 g/mol. The van der Waals surface area contributed by atoms with Crippen LogP contribution in [0.2, 0.25) is 0 Å². The highest BCUT2D eigenvalue weighted by Gasteiger charge is 2.31. The topological polar surface area (TPSA) is 68.5 Å². The number of alkyl halides is 3. The van der Waals surface area contributed by atoms with Gasteiger partial charge in [0.2, 0.25) is 0 Å². The molecular formula is C21H14F4N4O2. The van der Waals surface area contributed by atoms with E-state index in [-0.39, 0.29) is 11.3 Å². The first-order valence-electron chi connectivity index (χ1n) is 9.00. The predicted molar refractivity (Wildman–Crippen MR) is 102 cm³/mol. The lowest BCUT2D eigenvalue weighted by Gasteiger charge is -2.20. The molecule has 31 heavy (non-hydrogen) atoms. The van der Waals surface area contributed by atoms with E-state index in [2.05, 4.69) is 20.0 Å². The molecule has 4 rings (SSSR count). The van der Waals surface area contributed by atoms with Gasteiger partial charge in [0, 0.05) is 24.8 Å². The fourth-order valence-corrected chi connectivity index (χ4v) is 3.05. The molecule has 1 amide bonds. The number of nitrogens with one attached hydrogen (secondary N) is 1. The third kappa shape index (κ3) is 4.63. The zero-order valence-electron chi connectivity index (χ0n) is 15.7. The van der Waals surface area contributed by atoms with Crippen LogP contribution in [-0.2, 0) is 0 Å². The van der Waals surface area contributed by atoms with Crippen molar-refractivity contribution in [3.63, 3.8) is 0 Å². The zero-order valence-corrected chi connectivity index (χ0v) is 15.7. The minimum Gasteiger partial charge on any atom is -0.406 e. The third-order valence-corrected chi connectivity index (χ3v) is 4.43. The fourth-order valence-electron chi connectivity index (χ4n) is 3.05. The fraction of sp³-hybridized carbons (Fsp3) is 0.0952. The highest BCUT2D eigenvalue weighted by atomic mass is 19.4. The van der Waals surface area contributed by atoms with Gasteiger partial charge in [-0.15, -0.1) is 13.2 Å². The van der Waals surface area contributed by atoms with E-state index in [9.17, 15) is 22.4 Å². The van der Waals surface area contributed by atoms with Crippen LogP contribution in [0.3, 0.4) is 0 Å². The Morgan fingerprint density at radius 3 is 2.52 bits per heavy atom. The summed E-state index contributed by atoms with van der Waals surface area (Å²) in [5.41, 5.74) is 1.17. The second-order valence-corrected chi connectivity index (χ2v) is 6.50. The minimum absolute atomic E-state index is 0.0796. The molecule has 0 radical (unpaired) electrons. The lowest BCUT2D eigenvalue weighted by molar-refractivity contribution is -0.274. The standard InChI is InChI=1S/C21H14F4N4O2/c22-16-2-1-9-27-19(16)18(13-3-6-15(7-4-13)31-21(23,24)25)28-20(30)14-5-8-17-26-10-11-29(17)12-14/h1-12,18H,(H,28,30). The molecule has 6 nitrogen and oxygen atoms in total. The number of carbonyl (C=O) groups excluding carboxylic acids is 1. The maximum absolute atomic E-state index is 14.4. The Hall–Kier alpha value is -3.95. The highest BCUT2D eigenvalue weighted by Crippen LogP contribution is 2.28. The molecule has 0 bridgehead atoms. The number of ether oxygens (including phenoxy) is 1. The molecule has 0 fully saturated rings. The number of fused-ring (bicyclic) bond motifs is 1. The molecule has 4 aromatic rings. The van der Waals surface area contributed by atoms with Gasteiger partial charge in [0.25, 0.3) is 5.91 Å². The second kappa shape index (κ2) is 8.05. The zero-order chi connectivity index (χ0) is 22.0. The number of aromatic nitrogens is 3. The molecule has 0 aliphatic heterocycles. The van der Waals surface area contributed by atoms with Crippen molar-refractivity contribution in [3.05, 3.63) is 96.0 Å². The summed E-state index contributed by atoms with van der Waals surface area (Å²) in [6, 6.07) is 9.51. The van der Waals surface area contributed by atoms with E-state index in [1.165, 1.54) is 30.5 Å². The number of amides is 1. The third-order valence-electron chi connectivity index (χ3n) is 4.43. The number of imidazole rings is 1. The summed E-state index contributed by atoms with van der Waals surface area (Å²) in [7, 11) is 0. The van der Waals surface area contributed by atoms with Crippen LogP contribution in [0, 0.1) is 5.82 Å². The molecule has 0 aliphatic carbocycles.